The third-order valence-corrected chi connectivity index (χ3v) is 4.75. The number of nitrogens with zero attached hydrogens (tertiary/aromatic N) is 1. The molecule has 6 nitrogen and oxygen atoms in total. The lowest BCUT2D eigenvalue weighted by atomic mass is 10.0. The minimum Gasteiger partial charge on any atom is -0.462 e. The third kappa shape index (κ3) is 4.23. The van der Waals surface area contributed by atoms with E-state index in [1.54, 1.807) is 12.1 Å². The van der Waals surface area contributed by atoms with Crippen LogP contribution in [0.4, 0.5) is 13.2 Å². The Kier molecular flexibility index (Phi) is 6.38. The van der Waals surface area contributed by atoms with Crippen LogP contribution in [-0.2, 0) is 15.7 Å². The lowest BCUT2D eigenvalue weighted by Gasteiger charge is -2.09. The number of carbonyl (C=O) groups excluding carboxylic acids is 3. The monoisotopic (exact) mass is 447 g/mol. The minimum absolute atomic E-state index is 0.0702. The number of ketones is 1. The van der Waals surface area contributed by atoms with Crippen LogP contribution in [0.3, 0.4) is 0 Å². The second kappa shape index (κ2) is 8.86. The molecule has 0 unspecified atom stereocenters. The highest BCUT2D eigenvalue weighted by Gasteiger charge is 2.36. The van der Waals surface area contributed by atoms with Gasteiger partial charge in [-0.2, -0.15) is 13.2 Å². The third-order valence-electron chi connectivity index (χ3n) is 4.75. The molecule has 9 heteroatoms. The number of benzene rings is 1. The largest absolute Gasteiger partial charge is 0.462 e. The van der Waals surface area contributed by atoms with Gasteiger partial charge in [0.2, 0.25) is 5.78 Å². The van der Waals surface area contributed by atoms with Gasteiger partial charge in [0, 0.05) is 11.8 Å². The van der Waals surface area contributed by atoms with Crippen LogP contribution in [-0.4, -0.2) is 35.3 Å². The number of alkyl halides is 3. The number of halogens is 3. The van der Waals surface area contributed by atoms with Gasteiger partial charge in [-0.3, -0.25) is 4.79 Å². The van der Waals surface area contributed by atoms with E-state index in [1.807, 2.05) is 6.92 Å². The first kappa shape index (κ1) is 23.1. The average Bonchev–Trinajstić information content (AvgIpc) is 3.08. The number of hydrogen-bond donors (Lipinski definition) is 0. The molecule has 2 aromatic heterocycles. The van der Waals surface area contributed by atoms with Crippen molar-refractivity contribution in [1.82, 2.24) is 4.40 Å². The number of esters is 2. The van der Waals surface area contributed by atoms with E-state index in [0.29, 0.717) is 6.07 Å². The number of hydrogen-bond acceptors (Lipinski definition) is 5. The van der Waals surface area contributed by atoms with E-state index in [9.17, 15) is 27.6 Å². The first-order chi connectivity index (χ1) is 15.1. The van der Waals surface area contributed by atoms with Crippen LogP contribution in [0.5, 0.6) is 0 Å². The summed E-state index contributed by atoms with van der Waals surface area (Å²) < 4.78 is 51.2. The van der Waals surface area contributed by atoms with Gasteiger partial charge in [0.25, 0.3) is 0 Å². The quantitative estimate of drug-likeness (QED) is 0.399. The number of fused-ring (bicyclic) bond motifs is 1. The maximum absolute atomic E-state index is 13.4. The molecular formula is C23H20F3NO5. The summed E-state index contributed by atoms with van der Waals surface area (Å²) in [7, 11) is 0. The van der Waals surface area contributed by atoms with E-state index in [0.717, 1.165) is 22.2 Å². The van der Waals surface area contributed by atoms with Gasteiger partial charge in [-0.05, 0) is 32.9 Å². The molecule has 0 saturated carbocycles. The molecule has 0 amide bonds. The lowest BCUT2D eigenvalue weighted by molar-refractivity contribution is -0.137. The molecular weight excluding hydrogens is 427 g/mol. The van der Waals surface area contributed by atoms with Gasteiger partial charge >= 0.3 is 18.1 Å². The minimum atomic E-state index is -4.71. The van der Waals surface area contributed by atoms with Crippen molar-refractivity contribution in [3.63, 3.8) is 0 Å². The maximum Gasteiger partial charge on any atom is 0.416 e. The van der Waals surface area contributed by atoms with Gasteiger partial charge < -0.3 is 13.9 Å². The van der Waals surface area contributed by atoms with Gasteiger partial charge in [0.1, 0.15) is 16.8 Å². The van der Waals surface area contributed by atoms with E-state index < -0.39 is 40.6 Å². The zero-order chi connectivity index (χ0) is 23.6. The van der Waals surface area contributed by atoms with Crippen molar-refractivity contribution in [1.29, 1.82) is 0 Å². The Bertz CT molecular complexity index is 1190. The average molecular weight is 447 g/mol. The number of rotatable bonds is 6. The van der Waals surface area contributed by atoms with Crippen molar-refractivity contribution in [2.45, 2.75) is 26.9 Å². The zero-order valence-electron chi connectivity index (χ0n) is 17.6. The predicted molar refractivity (Wildman–Crippen MR) is 109 cm³/mol. The van der Waals surface area contributed by atoms with E-state index >= 15 is 0 Å². The summed E-state index contributed by atoms with van der Waals surface area (Å²) >= 11 is 0. The lowest BCUT2D eigenvalue weighted by Crippen LogP contribution is -2.16. The van der Waals surface area contributed by atoms with Crippen LogP contribution < -0.4 is 0 Å². The van der Waals surface area contributed by atoms with E-state index in [2.05, 4.69) is 0 Å². The highest BCUT2D eigenvalue weighted by atomic mass is 19.4. The molecule has 168 valence electrons. The van der Waals surface area contributed by atoms with Gasteiger partial charge in [-0.15, -0.1) is 0 Å². The molecule has 0 atom stereocenters. The Labute approximate surface area is 181 Å². The Morgan fingerprint density at radius 2 is 1.47 bits per heavy atom. The van der Waals surface area contributed by atoms with Crippen LogP contribution in [0.25, 0.3) is 5.52 Å². The Morgan fingerprint density at radius 1 is 0.906 bits per heavy atom. The summed E-state index contributed by atoms with van der Waals surface area (Å²) in [5, 5.41) is 0. The summed E-state index contributed by atoms with van der Waals surface area (Å²) in [5.74, 6) is -2.70. The normalized spacial score (nSPS) is 11.4. The number of aromatic nitrogens is 1. The van der Waals surface area contributed by atoms with Crippen molar-refractivity contribution in [2.24, 2.45) is 0 Å². The van der Waals surface area contributed by atoms with Crippen LogP contribution in [0.15, 0.2) is 42.6 Å². The summed E-state index contributed by atoms with van der Waals surface area (Å²) in [5.41, 5.74) is -1.42. The second-order valence-corrected chi connectivity index (χ2v) is 6.90. The van der Waals surface area contributed by atoms with Crippen molar-refractivity contribution >= 4 is 23.2 Å². The number of pyridine rings is 1. The first-order valence-electron chi connectivity index (χ1n) is 9.81. The number of carbonyl (C=O) groups is 3. The van der Waals surface area contributed by atoms with Gasteiger partial charge in [0.05, 0.1) is 24.3 Å². The topological polar surface area (TPSA) is 74.1 Å². The fourth-order valence-electron chi connectivity index (χ4n) is 3.31. The fourth-order valence-corrected chi connectivity index (χ4v) is 3.31. The zero-order valence-corrected chi connectivity index (χ0v) is 17.6. The molecule has 0 aliphatic rings. The maximum atomic E-state index is 13.4. The predicted octanol–water partition coefficient (Wildman–Crippen LogP) is 4.85. The molecule has 32 heavy (non-hydrogen) atoms. The van der Waals surface area contributed by atoms with Crippen molar-refractivity contribution in [3.05, 3.63) is 76.1 Å². The molecule has 0 radical (unpaired) electrons. The van der Waals surface area contributed by atoms with E-state index in [-0.39, 0.29) is 30.0 Å². The molecule has 0 saturated heterocycles. The van der Waals surface area contributed by atoms with E-state index in [4.69, 9.17) is 9.47 Å². The van der Waals surface area contributed by atoms with Crippen molar-refractivity contribution < 1.29 is 37.0 Å². The Morgan fingerprint density at radius 3 is 2.00 bits per heavy atom. The van der Waals surface area contributed by atoms with Crippen molar-refractivity contribution in [3.8, 4) is 0 Å². The van der Waals surface area contributed by atoms with E-state index in [1.165, 1.54) is 26.0 Å². The molecule has 3 rings (SSSR count). The fraction of sp³-hybridized carbons (Fsp3) is 0.261. The molecule has 0 spiro atoms. The van der Waals surface area contributed by atoms with Gasteiger partial charge in [-0.25, -0.2) is 9.59 Å². The van der Waals surface area contributed by atoms with Crippen LogP contribution >= 0.6 is 0 Å². The summed E-state index contributed by atoms with van der Waals surface area (Å²) in [6, 6.07) is 7.89. The van der Waals surface area contributed by atoms with Gasteiger partial charge in [0.15, 0.2) is 0 Å². The Balaban J connectivity index is 2.41. The Hall–Kier alpha value is -3.62. The SMILES string of the molecule is CCOC(=O)c1c(C(=O)OCC)c2cc(C(F)(F)F)ccn2c1C(=O)c1ccc(C)cc1. The summed E-state index contributed by atoms with van der Waals surface area (Å²) in [6.07, 6.45) is -3.70. The second-order valence-electron chi connectivity index (χ2n) is 6.90. The van der Waals surface area contributed by atoms with Gasteiger partial charge in [-0.1, -0.05) is 29.8 Å². The smallest absolute Gasteiger partial charge is 0.416 e. The molecule has 0 bridgehead atoms. The molecule has 2 heterocycles. The number of ether oxygens (including phenoxy) is 2. The molecule has 0 N–H and O–H groups in total. The van der Waals surface area contributed by atoms with Crippen LogP contribution in [0.2, 0.25) is 0 Å². The highest BCUT2D eigenvalue weighted by Crippen LogP contribution is 2.34. The number of aryl methyl sites for hydroxylation is 1. The summed E-state index contributed by atoms with van der Waals surface area (Å²) in [4.78, 5) is 38.9. The molecule has 0 aliphatic heterocycles. The first-order valence-corrected chi connectivity index (χ1v) is 9.81. The highest BCUT2D eigenvalue weighted by molar-refractivity contribution is 6.19. The standard InChI is InChI=1S/C23H20F3NO5/c1-4-31-21(29)17-16-12-15(23(24,25)26)10-11-27(16)19(18(17)22(30)32-5-2)20(28)14-8-6-13(3)7-9-14/h6-12H,4-5H2,1-3H3. The summed E-state index contributed by atoms with van der Waals surface area (Å²) in [6.45, 7) is 4.71. The van der Waals surface area contributed by atoms with Crippen molar-refractivity contribution in [2.75, 3.05) is 13.2 Å². The van der Waals surface area contributed by atoms with Crippen LogP contribution in [0.1, 0.15) is 61.7 Å². The van der Waals surface area contributed by atoms with Crippen LogP contribution in [0, 0.1) is 6.92 Å². The molecule has 0 aliphatic carbocycles. The molecule has 0 fully saturated rings. The molecule has 1 aromatic carbocycles. The molecule has 3 aromatic rings.